The first-order valence-electron chi connectivity index (χ1n) is 5.13. The first kappa shape index (κ1) is 11.7. The predicted molar refractivity (Wildman–Crippen MR) is 64.6 cm³/mol. The van der Waals surface area contributed by atoms with Crippen molar-refractivity contribution in [1.82, 2.24) is 9.55 Å². The molecular weight excluding hydrogens is 240 g/mol. The number of rotatable bonds is 5. The lowest BCUT2D eigenvalue weighted by molar-refractivity contribution is 0.111. The van der Waals surface area contributed by atoms with Crippen LogP contribution in [0.3, 0.4) is 0 Å². The molecule has 88 valence electrons. The Morgan fingerprint density at radius 2 is 2.35 bits per heavy atom. The number of imidazole rings is 1. The molecule has 0 saturated carbocycles. The van der Waals surface area contributed by atoms with Crippen LogP contribution in [0.25, 0.3) is 0 Å². The predicted octanol–water partition coefficient (Wildman–Crippen LogP) is 2.43. The monoisotopic (exact) mass is 250 g/mol. The Bertz CT molecular complexity index is 497. The maximum absolute atomic E-state index is 10.9. The van der Waals surface area contributed by atoms with Gasteiger partial charge in [-0.3, -0.25) is 4.79 Å². The number of aldehydes is 1. The van der Waals surface area contributed by atoms with Crippen molar-refractivity contribution < 1.29 is 9.53 Å². The molecular formula is C12H11ClN2O2. The number of hydrogen-bond donors (Lipinski definition) is 0. The van der Waals surface area contributed by atoms with Crippen LogP contribution in [0.2, 0.25) is 5.02 Å². The zero-order valence-electron chi connectivity index (χ0n) is 9.04. The average Bonchev–Trinajstić information content (AvgIpc) is 2.82. The number of halogens is 1. The molecule has 0 bridgehead atoms. The molecule has 2 rings (SSSR count). The van der Waals surface area contributed by atoms with Crippen LogP contribution in [0, 0.1) is 0 Å². The van der Waals surface area contributed by atoms with E-state index in [1.165, 1.54) is 0 Å². The lowest BCUT2D eigenvalue weighted by Gasteiger charge is -2.09. The molecule has 1 aromatic heterocycles. The SMILES string of the molecule is O=Cc1c(Cl)cccc1OCCn1ccnc1. The van der Waals surface area contributed by atoms with Gasteiger partial charge in [-0.25, -0.2) is 4.98 Å². The van der Waals surface area contributed by atoms with E-state index < -0.39 is 0 Å². The van der Waals surface area contributed by atoms with Gasteiger partial charge in [0.2, 0.25) is 0 Å². The third kappa shape index (κ3) is 2.85. The summed E-state index contributed by atoms with van der Waals surface area (Å²) in [5, 5.41) is 0.403. The molecule has 2 aromatic rings. The van der Waals surface area contributed by atoms with Gasteiger partial charge < -0.3 is 9.30 Å². The van der Waals surface area contributed by atoms with Crippen LogP contribution in [0.1, 0.15) is 10.4 Å². The Morgan fingerprint density at radius 1 is 1.47 bits per heavy atom. The minimum Gasteiger partial charge on any atom is -0.491 e. The summed E-state index contributed by atoms with van der Waals surface area (Å²) in [6, 6.07) is 5.14. The molecule has 0 spiro atoms. The minimum absolute atomic E-state index is 0.389. The third-order valence-corrected chi connectivity index (χ3v) is 2.63. The molecule has 5 heteroatoms. The van der Waals surface area contributed by atoms with Gasteiger partial charge in [0, 0.05) is 12.4 Å². The summed E-state index contributed by atoms with van der Waals surface area (Å²) in [7, 11) is 0. The topological polar surface area (TPSA) is 44.1 Å². The van der Waals surface area contributed by atoms with E-state index in [2.05, 4.69) is 4.98 Å². The van der Waals surface area contributed by atoms with E-state index in [9.17, 15) is 4.79 Å². The summed E-state index contributed by atoms with van der Waals surface area (Å²) in [6.07, 6.45) is 5.97. The van der Waals surface area contributed by atoms with Gasteiger partial charge in [-0.15, -0.1) is 0 Å². The zero-order chi connectivity index (χ0) is 12.1. The molecule has 0 unspecified atom stereocenters. The van der Waals surface area contributed by atoms with Crippen LogP contribution in [0.4, 0.5) is 0 Å². The number of ether oxygens (including phenoxy) is 1. The van der Waals surface area contributed by atoms with Gasteiger partial charge in [-0.05, 0) is 12.1 Å². The molecule has 0 aliphatic carbocycles. The molecule has 1 heterocycles. The van der Waals surface area contributed by atoms with Crippen molar-refractivity contribution in [2.24, 2.45) is 0 Å². The maximum atomic E-state index is 10.9. The van der Waals surface area contributed by atoms with E-state index in [1.54, 1.807) is 30.7 Å². The number of nitrogens with zero attached hydrogens (tertiary/aromatic N) is 2. The van der Waals surface area contributed by atoms with Crippen LogP contribution in [0.5, 0.6) is 5.75 Å². The van der Waals surface area contributed by atoms with E-state index >= 15 is 0 Å². The molecule has 1 aromatic carbocycles. The Hall–Kier alpha value is -1.81. The molecule has 0 aliphatic rings. The first-order valence-corrected chi connectivity index (χ1v) is 5.51. The standard InChI is InChI=1S/C12H11ClN2O2/c13-11-2-1-3-12(10(11)8-16)17-7-6-15-5-4-14-9-15/h1-5,8-9H,6-7H2. The van der Waals surface area contributed by atoms with Gasteiger partial charge in [0.05, 0.1) is 23.5 Å². The van der Waals surface area contributed by atoms with Crippen molar-refractivity contribution in [2.45, 2.75) is 6.54 Å². The zero-order valence-corrected chi connectivity index (χ0v) is 9.80. The molecule has 0 aliphatic heterocycles. The maximum Gasteiger partial charge on any atom is 0.155 e. The van der Waals surface area contributed by atoms with Gasteiger partial charge in [0.1, 0.15) is 12.4 Å². The number of carbonyl (C=O) groups excluding carboxylic acids is 1. The summed E-state index contributed by atoms with van der Waals surface area (Å²) in [4.78, 5) is 14.8. The van der Waals surface area contributed by atoms with E-state index in [1.807, 2.05) is 10.8 Å². The fourth-order valence-electron chi connectivity index (χ4n) is 1.44. The Kier molecular flexibility index (Phi) is 3.77. The highest BCUT2D eigenvalue weighted by Gasteiger charge is 2.06. The second kappa shape index (κ2) is 5.50. The quantitative estimate of drug-likeness (QED) is 0.766. The molecule has 0 atom stereocenters. The Balaban J connectivity index is 1.99. The smallest absolute Gasteiger partial charge is 0.155 e. The van der Waals surface area contributed by atoms with Crippen LogP contribution in [0.15, 0.2) is 36.9 Å². The largest absolute Gasteiger partial charge is 0.491 e. The van der Waals surface area contributed by atoms with Crippen molar-refractivity contribution in [3.05, 3.63) is 47.5 Å². The molecule has 4 nitrogen and oxygen atoms in total. The van der Waals surface area contributed by atoms with Crippen LogP contribution in [-0.2, 0) is 6.54 Å². The number of aromatic nitrogens is 2. The first-order chi connectivity index (χ1) is 8.31. The Morgan fingerprint density at radius 3 is 3.06 bits per heavy atom. The Labute approximate surface area is 104 Å². The fraction of sp³-hybridized carbons (Fsp3) is 0.167. The molecule has 0 radical (unpaired) electrons. The average molecular weight is 251 g/mol. The van der Waals surface area contributed by atoms with Gasteiger partial charge in [-0.1, -0.05) is 17.7 Å². The second-order valence-electron chi connectivity index (χ2n) is 3.42. The lowest BCUT2D eigenvalue weighted by Crippen LogP contribution is -2.07. The highest BCUT2D eigenvalue weighted by Crippen LogP contribution is 2.24. The summed E-state index contributed by atoms with van der Waals surface area (Å²) in [6.45, 7) is 1.13. The minimum atomic E-state index is 0.389. The molecule has 17 heavy (non-hydrogen) atoms. The van der Waals surface area contributed by atoms with Crippen LogP contribution >= 0.6 is 11.6 Å². The van der Waals surface area contributed by atoms with E-state index in [4.69, 9.17) is 16.3 Å². The highest BCUT2D eigenvalue weighted by atomic mass is 35.5. The summed E-state index contributed by atoms with van der Waals surface area (Å²) in [5.74, 6) is 0.507. The van der Waals surface area contributed by atoms with Crippen molar-refractivity contribution >= 4 is 17.9 Å². The van der Waals surface area contributed by atoms with Crippen LogP contribution < -0.4 is 4.74 Å². The van der Waals surface area contributed by atoms with Gasteiger partial charge >= 0.3 is 0 Å². The lowest BCUT2D eigenvalue weighted by atomic mass is 10.2. The number of benzene rings is 1. The number of hydrogen-bond acceptors (Lipinski definition) is 3. The molecule has 0 fully saturated rings. The van der Waals surface area contributed by atoms with Crippen molar-refractivity contribution in [1.29, 1.82) is 0 Å². The highest BCUT2D eigenvalue weighted by molar-refractivity contribution is 6.33. The van der Waals surface area contributed by atoms with Gasteiger partial charge in [0.15, 0.2) is 6.29 Å². The van der Waals surface area contributed by atoms with E-state index in [-0.39, 0.29) is 0 Å². The van der Waals surface area contributed by atoms with Crippen molar-refractivity contribution in [3.8, 4) is 5.75 Å². The molecule has 0 N–H and O–H groups in total. The second-order valence-corrected chi connectivity index (χ2v) is 3.83. The van der Waals surface area contributed by atoms with Gasteiger partial charge in [-0.2, -0.15) is 0 Å². The normalized spacial score (nSPS) is 10.2. The fourth-order valence-corrected chi connectivity index (χ4v) is 1.65. The summed E-state index contributed by atoms with van der Waals surface area (Å²) in [5.41, 5.74) is 0.389. The van der Waals surface area contributed by atoms with Crippen molar-refractivity contribution in [3.63, 3.8) is 0 Å². The number of carbonyl (C=O) groups is 1. The van der Waals surface area contributed by atoms with Crippen LogP contribution in [-0.4, -0.2) is 22.4 Å². The summed E-state index contributed by atoms with van der Waals surface area (Å²) >= 11 is 5.88. The van der Waals surface area contributed by atoms with Crippen molar-refractivity contribution in [2.75, 3.05) is 6.61 Å². The van der Waals surface area contributed by atoms with E-state index in [0.717, 1.165) is 0 Å². The van der Waals surface area contributed by atoms with Gasteiger partial charge in [0.25, 0.3) is 0 Å². The molecule has 0 saturated heterocycles. The third-order valence-electron chi connectivity index (χ3n) is 2.30. The molecule has 0 amide bonds. The van der Waals surface area contributed by atoms with E-state index in [0.29, 0.717) is 35.8 Å². The summed E-state index contributed by atoms with van der Waals surface area (Å²) < 4.78 is 7.41.